The standard InChI is InChI=1S/Cl2O.Cu.H3O4P/c1-3-2;;1-5(2,3)4/h;;(H3,1,2,3,4)/q;+3;/p-3. The Labute approximate surface area is 72.0 Å². The second-order valence-electron chi connectivity index (χ2n) is 0.506. The molecule has 9 heavy (non-hydrogen) atoms. The van der Waals surface area contributed by atoms with E-state index in [9.17, 15) is 0 Å². The molecule has 0 aliphatic heterocycles. The fraction of sp³-hybridized carbons (Fsp3) is 0. The molecule has 0 N–H and O–H groups in total. The van der Waals surface area contributed by atoms with Gasteiger partial charge in [-0.3, -0.25) is 0 Å². The first-order valence-electron chi connectivity index (χ1n) is 1.04. The molecule has 0 aromatic rings. The third-order valence-corrected chi connectivity index (χ3v) is 0. The van der Waals surface area contributed by atoms with Crippen LogP contribution in [0.15, 0.2) is 0 Å². The van der Waals surface area contributed by atoms with Crippen LogP contribution >= 0.6 is 31.6 Å². The molecule has 0 aromatic heterocycles. The van der Waals surface area contributed by atoms with Gasteiger partial charge in [-0.1, -0.05) is 0 Å². The van der Waals surface area contributed by atoms with Gasteiger partial charge in [0.05, 0.1) is 23.7 Å². The van der Waals surface area contributed by atoms with Crippen molar-refractivity contribution in [3.8, 4) is 0 Å². The van der Waals surface area contributed by atoms with Gasteiger partial charge in [0.1, 0.15) is 0 Å². The van der Waals surface area contributed by atoms with Gasteiger partial charge in [-0.25, -0.2) is 0 Å². The van der Waals surface area contributed by atoms with Crippen molar-refractivity contribution in [1.82, 2.24) is 0 Å². The quantitative estimate of drug-likeness (QED) is 0.382. The van der Waals surface area contributed by atoms with Crippen LogP contribution in [0, 0.1) is 0 Å². The molecule has 0 saturated heterocycles. The van der Waals surface area contributed by atoms with Crippen LogP contribution in [-0.4, -0.2) is 0 Å². The van der Waals surface area contributed by atoms with Crippen molar-refractivity contribution >= 4 is 31.6 Å². The Bertz CT molecular complexity index is 70.8. The van der Waals surface area contributed by atoms with Crippen LogP contribution in [0.1, 0.15) is 0 Å². The molecule has 0 radical (unpaired) electrons. The van der Waals surface area contributed by atoms with E-state index in [0.717, 1.165) is 0 Å². The average molecular weight is 245 g/mol. The minimum atomic E-state index is -5.39. The number of halogens is 2. The molecule has 0 amide bonds. The van der Waals surface area contributed by atoms with Crippen molar-refractivity contribution in [3.63, 3.8) is 0 Å². The molecule has 0 aliphatic rings. The van der Waals surface area contributed by atoms with Gasteiger partial charge >= 0.3 is 17.1 Å². The van der Waals surface area contributed by atoms with Crippen molar-refractivity contribution in [3.05, 3.63) is 0 Å². The van der Waals surface area contributed by atoms with Gasteiger partial charge in [-0.05, 0) is 0 Å². The Morgan fingerprint density at radius 1 is 1.22 bits per heavy atom. The van der Waals surface area contributed by atoms with E-state index in [1.165, 1.54) is 0 Å². The molecule has 0 unspecified atom stereocenters. The summed E-state index contributed by atoms with van der Waals surface area (Å²) in [6, 6.07) is 0. The van der Waals surface area contributed by atoms with Crippen LogP contribution in [0.2, 0.25) is 0 Å². The summed E-state index contributed by atoms with van der Waals surface area (Å²) in [4.78, 5) is 25.6. The van der Waals surface area contributed by atoms with Crippen LogP contribution < -0.4 is 14.7 Å². The van der Waals surface area contributed by atoms with Crippen LogP contribution in [0.3, 0.4) is 0 Å². The van der Waals surface area contributed by atoms with Gasteiger partial charge in [-0.2, -0.15) is 11.7 Å². The second-order valence-corrected chi connectivity index (χ2v) is 1.87. The zero-order valence-corrected chi connectivity index (χ0v) is 6.89. The first kappa shape index (κ1) is 16.6. The van der Waals surface area contributed by atoms with Gasteiger partial charge in [0.15, 0.2) is 0 Å². The van der Waals surface area contributed by atoms with Crippen LogP contribution in [0.4, 0.5) is 0 Å². The van der Waals surface area contributed by atoms with E-state index >= 15 is 0 Å². The van der Waals surface area contributed by atoms with Gasteiger partial charge in [0.25, 0.3) is 0 Å². The molecule has 0 rings (SSSR count). The van der Waals surface area contributed by atoms with Crippen molar-refractivity contribution in [1.29, 1.82) is 0 Å². The third-order valence-electron chi connectivity index (χ3n) is 0. The predicted molar refractivity (Wildman–Crippen MR) is 20.4 cm³/mol. The van der Waals surface area contributed by atoms with Crippen molar-refractivity contribution in [2.24, 2.45) is 0 Å². The molecule has 0 atom stereocenters. The number of rotatable bonds is 0. The van der Waals surface area contributed by atoms with E-state index in [1.54, 1.807) is 0 Å². The Morgan fingerprint density at radius 3 is 1.22 bits per heavy atom. The molecule has 0 fully saturated rings. The first-order chi connectivity index (χ1) is 3.41. The van der Waals surface area contributed by atoms with E-state index in [2.05, 4.69) is 27.6 Å². The largest absolute Gasteiger partial charge is 3.00 e. The van der Waals surface area contributed by atoms with Crippen LogP contribution in [0.5, 0.6) is 0 Å². The summed E-state index contributed by atoms with van der Waals surface area (Å²) in [6.45, 7) is 0. The molecule has 0 saturated carbocycles. The zero-order chi connectivity index (χ0) is 7.21. The molecule has 5 nitrogen and oxygen atoms in total. The molecule has 0 aliphatic carbocycles. The number of hydrogen-bond acceptors (Lipinski definition) is 5. The van der Waals surface area contributed by atoms with Crippen molar-refractivity contribution in [2.45, 2.75) is 0 Å². The molecular formula is Cl2CuO5P. The van der Waals surface area contributed by atoms with E-state index in [-0.39, 0.29) is 17.1 Å². The van der Waals surface area contributed by atoms with Gasteiger partial charge in [0.2, 0.25) is 0 Å². The summed E-state index contributed by atoms with van der Waals surface area (Å²) in [5.74, 6) is 0. The third kappa shape index (κ3) is 345. The molecule has 0 heterocycles. The van der Waals surface area contributed by atoms with E-state index in [4.69, 9.17) is 19.2 Å². The normalized spacial score (nSPS) is 8.56. The van der Waals surface area contributed by atoms with Gasteiger partial charge in [-0.15, -0.1) is 0 Å². The zero-order valence-electron chi connectivity index (χ0n) is 3.55. The molecule has 60 valence electrons. The van der Waals surface area contributed by atoms with Crippen molar-refractivity contribution < 1.29 is 40.2 Å². The van der Waals surface area contributed by atoms with E-state index in [1.807, 2.05) is 0 Å². The summed E-state index contributed by atoms with van der Waals surface area (Å²) in [5, 5.41) is 0. The summed E-state index contributed by atoms with van der Waals surface area (Å²) < 4.78 is 11.7. The average Bonchev–Trinajstić information content (AvgIpc) is 1.27. The van der Waals surface area contributed by atoms with Gasteiger partial charge < -0.3 is 19.2 Å². The molecular weight excluding hydrogens is 245 g/mol. The maximum Gasteiger partial charge on any atom is 3.00 e. The van der Waals surface area contributed by atoms with Gasteiger partial charge in [0, 0.05) is 0 Å². The smallest absolute Gasteiger partial charge is 0.822 e. The maximum absolute atomic E-state index is 8.55. The Hall–Kier alpha value is 1.17. The summed E-state index contributed by atoms with van der Waals surface area (Å²) in [6.07, 6.45) is 0. The number of hydrogen-bond donors (Lipinski definition) is 0. The SMILES string of the molecule is ClOCl.O=P([O-])([O-])[O-].[Cu+3]. The fourth-order valence-electron chi connectivity index (χ4n) is 0. The maximum atomic E-state index is 8.55. The van der Waals surface area contributed by atoms with E-state index < -0.39 is 7.82 Å². The first-order valence-corrected chi connectivity index (χ1v) is 3.12. The second kappa shape index (κ2) is 9.17. The topological polar surface area (TPSA) is 95.5 Å². The Balaban J connectivity index is -0.0000000800. The molecule has 0 spiro atoms. The summed E-state index contributed by atoms with van der Waals surface area (Å²) in [7, 11) is -5.39. The van der Waals surface area contributed by atoms with Crippen molar-refractivity contribution in [2.75, 3.05) is 0 Å². The van der Waals surface area contributed by atoms with E-state index in [0.29, 0.717) is 0 Å². The molecule has 0 aromatic carbocycles. The molecule has 0 bridgehead atoms. The minimum Gasteiger partial charge on any atom is -0.822 e. The molecule has 9 heteroatoms. The number of phosphoric acid groups is 1. The predicted octanol–water partition coefficient (Wildman–Crippen LogP) is -1.52. The Morgan fingerprint density at radius 2 is 1.22 bits per heavy atom. The fourth-order valence-corrected chi connectivity index (χ4v) is 0. The summed E-state index contributed by atoms with van der Waals surface area (Å²) >= 11 is 8.53. The summed E-state index contributed by atoms with van der Waals surface area (Å²) in [5.41, 5.74) is 0. The van der Waals surface area contributed by atoms with Crippen LogP contribution in [0.25, 0.3) is 0 Å². The minimum absolute atomic E-state index is 0. The Kier molecular flexibility index (Phi) is 16.9. The monoisotopic (exact) mass is 244 g/mol. The van der Waals surface area contributed by atoms with Crippen LogP contribution in [-0.2, 0) is 25.5 Å².